The van der Waals surface area contributed by atoms with Gasteiger partial charge < -0.3 is 9.47 Å². The first-order valence-electron chi connectivity index (χ1n) is 11.7. The van der Waals surface area contributed by atoms with Gasteiger partial charge in [-0.05, 0) is 103 Å². The number of nitrogens with zero attached hydrogens (tertiary/aromatic N) is 1. The molecule has 6 nitrogen and oxygen atoms in total. The van der Waals surface area contributed by atoms with Gasteiger partial charge in [-0.15, -0.1) is 0 Å². The number of rotatable bonds is 3. The van der Waals surface area contributed by atoms with Crippen LogP contribution < -0.4 is 14.8 Å². The van der Waals surface area contributed by atoms with E-state index in [1.807, 2.05) is 18.2 Å². The quantitative estimate of drug-likeness (QED) is 0.629. The molecular weight excluding hydrogens is 436 g/mol. The second-order valence-electron chi connectivity index (χ2n) is 10.3. The highest BCUT2D eigenvalue weighted by Crippen LogP contribution is 2.63. The molecular formula is C26H24N2O4S. The third kappa shape index (κ3) is 3.20. The van der Waals surface area contributed by atoms with Gasteiger partial charge in [0, 0.05) is 17.3 Å². The van der Waals surface area contributed by atoms with E-state index in [-0.39, 0.29) is 23.4 Å². The van der Waals surface area contributed by atoms with Gasteiger partial charge in [-0.25, -0.2) is 0 Å². The van der Waals surface area contributed by atoms with E-state index in [2.05, 4.69) is 16.4 Å². The Labute approximate surface area is 196 Å². The molecule has 4 bridgehead atoms. The van der Waals surface area contributed by atoms with Gasteiger partial charge in [-0.2, -0.15) is 0 Å². The Balaban J connectivity index is 1.26. The number of hydrogen-bond acceptors (Lipinski definition) is 6. The Bertz CT molecular complexity index is 1180. The third-order valence-corrected chi connectivity index (χ3v) is 8.91. The normalized spacial score (nSPS) is 32.6. The van der Waals surface area contributed by atoms with E-state index in [1.165, 1.54) is 44.1 Å². The summed E-state index contributed by atoms with van der Waals surface area (Å²) in [6.45, 7) is 0.274. The van der Waals surface area contributed by atoms with E-state index in [0.717, 1.165) is 57.8 Å². The molecule has 8 rings (SSSR count). The molecule has 2 aliphatic heterocycles. The van der Waals surface area contributed by atoms with E-state index in [1.54, 1.807) is 12.3 Å². The van der Waals surface area contributed by atoms with Gasteiger partial charge in [0.1, 0.15) is 0 Å². The maximum absolute atomic E-state index is 11.8. The zero-order valence-corrected chi connectivity index (χ0v) is 19.0. The van der Waals surface area contributed by atoms with Crippen LogP contribution >= 0.6 is 11.8 Å². The molecule has 0 radical (unpaired) electrons. The number of aromatic nitrogens is 1. The number of ether oxygens (including phenoxy) is 2. The van der Waals surface area contributed by atoms with Gasteiger partial charge in [0.2, 0.25) is 6.79 Å². The van der Waals surface area contributed by atoms with Gasteiger partial charge in [0.25, 0.3) is 11.1 Å². The molecule has 5 fully saturated rings. The molecule has 7 heteroatoms. The number of amides is 2. The molecule has 6 aliphatic rings. The number of pyridine rings is 1. The topological polar surface area (TPSA) is 77.5 Å². The lowest BCUT2D eigenvalue weighted by Gasteiger charge is -2.57. The highest BCUT2D eigenvalue weighted by atomic mass is 32.2. The molecule has 2 amide bonds. The van der Waals surface area contributed by atoms with E-state index in [0.29, 0.717) is 4.91 Å². The van der Waals surface area contributed by atoms with Crippen LogP contribution in [0.5, 0.6) is 11.5 Å². The van der Waals surface area contributed by atoms with Crippen LogP contribution in [0.1, 0.15) is 49.7 Å². The number of benzene rings is 1. The molecule has 0 spiro atoms. The molecule has 4 aliphatic carbocycles. The molecule has 1 aromatic carbocycles. The summed E-state index contributed by atoms with van der Waals surface area (Å²) < 4.78 is 11.9. The summed E-state index contributed by atoms with van der Waals surface area (Å²) in [7, 11) is 0. The van der Waals surface area contributed by atoms with Crippen LogP contribution in [0.4, 0.5) is 4.79 Å². The van der Waals surface area contributed by atoms with Crippen molar-refractivity contribution in [1.29, 1.82) is 0 Å². The molecule has 2 aromatic rings. The number of hydrogen-bond donors (Lipinski definition) is 1. The molecule has 0 atom stereocenters. The van der Waals surface area contributed by atoms with Crippen molar-refractivity contribution >= 4 is 29.0 Å². The summed E-state index contributed by atoms with van der Waals surface area (Å²) in [5.41, 5.74) is 4.20. The summed E-state index contributed by atoms with van der Waals surface area (Å²) >= 11 is 0.915. The van der Waals surface area contributed by atoms with Gasteiger partial charge in [0.15, 0.2) is 11.5 Å². The zero-order valence-electron chi connectivity index (χ0n) is 18.1. The standard InChI is InChI=1S/C26H24N2O4S/c29-24-22(33-25(30)28-24)6-14-1-2-20(27-12-14)18-7-19(23-21(8-18)31-13-32-23)26-9-15-3-16(10-26)5-17(4-15)11-26/h1-2,6-8,12,15-17H,3-5,9-11,13H2,(H,28,29,30). The van der Waals surface area contributed by atoms with Crippen LogP contribution in [0.15, 0.2) is 35.4 Å². The molecule has 1 aromatic heterocycles. The summed E-state index contributed by atoms with van der Waals surface area (Å²) in [5, 5.41) is 1.94. The Hall–Kier alpha value is -2.80. The van der Waals surface area contributed by atoms with Crippen molar-refractivity contribution in [2.45, 2.75) is 43.9 Å². The zero-order chi connectivity index (χ0) is 22.2. The number of imide groups is 1. The number of carbonyl (C=O) groups excluding carboxylic acids is 2. The maximum atomic E-state index is 11.8. The van der Waals surface area contributed by atoms with E-state index in [9.17, 15) is 9.59 Å². The molecule has 4 saturated carbocycles. The molecule has 1 N–H and O–H groups in total. The number of fused-ring (bicyclic) bond motifs is 1. The van der Waals surface area contributed by atoms with Crippen LogP contribution in [-0.4, -0.2) is 22.9 Å². The first-order chi connectivity index (χ1) is 16.0. The van der Waals surface area contributed by atoms with Crippen molar-refractivity contribution in [2.75, 3.05) is 6.79 Å². The number of thioether (sulfide) groups is 1. The molecule has 33 heavy (non-hydrogen) atoms. The second kappa shape index (κ2) is 7.10. The number of carbonyl (C=O) groups is 2. The summed E-state index contributed by atoms with van der Waals surface area (Å²) in [4.78, 5) is 28.3. The third-order valence-electron chi connectivity index (χ3n) is 8.10. The highest BCUT2D eigenvalue weighted by Gasteiger charge is 2.53. The van der Waals surface area contributed by atoms with Crippen LogP contribution in [0.25, 0.3) is 17.3 Å². The van der Waals surface area contributed by atoms with Gasteiger partial charge in [-0.1, -0.05) is 6.07 Å². The summed E-state index contributed by atoms with van der Waals surface area (Å²) in [6, 6.07) is 8.22. The Morgan fingerprint density at radius 1 is 1.03 bits per heavy atom. The fourth-order valence-corrected chi connectivity index (χ4v) is 7.91. The maximum Gasteiger partial charge on any atom is 0.290 e. The molecule has 3 heterocycles. The largest absolute Gasteiger partial charge is 0.454 e. The average Bonchev–Trinajstić information content (AvgIpc) is 3.38. The molecule has 168 valence electrons. The van der Waals surface area contributed by atoms with E-state index in [4.69, 9.17) is 9.47 Å². The highest BCUT2D eigenvalue weighted by molar-refractivity contribution is 8.18. The minimum Gasteiger partial charge on any atom is -0.454 e. The van der Waals surface area contributed by atoms with Crippen LogP contribution in [0, 0.1) is 17.8 Å². The first-order valence-corrected chi connectivity index (χ1v) is 12.5. The minimum absolute atomic E-state index is 0.201. The first kappa shape index (κ1) is 19.6. The van der Waals surface area contributed by atoms with Crippen LogP contribution in [0.3, 0.4) is 0 Å². The Morgan fingerprint density at radius 2 is 1.79 bits per heavy atom. The molecule has 1 saturated heterocycles. The lowest BCUT2D eigenvalue weighted by Crippen LogP contribution is -2.48. The smallest absolute Gasteiger partial charge is 0.290 e. The van der Waals surface area contributed by atoms with Crippen LogP contribution in [0.2, 0.25) is 0 Å². The van der Waals surface area contributed by atoms with Crippen molar-refractivity contribution in [1.82, 2.24) is 10.3 Å². The monoisotopic (exact) mass is 460 g/mol. The van der Waals surface area contributed by atoms with Gasteiger partial charge in [-0.3, -0.25) is 19.9 Å². The van der Waals surface area contributed by atoms with Crippen molar-refractivity contribution in [3.05, 3.63) is 46.5 Å². The predicted molar refractivity (Wildman–Crippen MR) is 125 cm³/mol. The summed E-state index contributed by atoms with van der Waals surface area (Å²) in [5.74, 6) is 3.95. The Morgan fingerprint density at radius 3 is 2.42 bits per heavy atom. The second-order valence-corrected chi connectivity index (χ2v) is 11.3. The minimum atomic E-state index is -0.356. The van der Waals surface area contributed by atoms with Gasteiger partial charge in [0.05, 0.1) is 10.6 Å². The van der Waals surface area contributed by atoms with Crippen molar-refractivity contribution < 1.29 is 19.1 Å². The fraction of sp³-hybridized carbons (Fsp3) is 0.423. The fourth-order valence-electron chi connectivity index (χ4n) is 7.23. The van der Waals surface area contributed by atoms with E-state index < -0.39 is 0 Å². The van der Waals surface area contributed by atoms with Crippen molar-refractivity contribution in [3.8, 4) is 22.8 Å². The summed E-state index contributed by atoms with van der Waals surface area (Å²) in [6.07, 6.45) is 11.4. The van der Waals surface area contributed by atoms with E-state index >= 15 is 0 Å². The van der Waals surface area contributed by atoms with Crippen LogP contribution in [-0.2, 0) is 10.2 Å². The van der Waals surface area contributed by atoms with Gasteiger partial charge >= 0.3 is 0 Å². The SMILES string of the molecule is O=C1NC(=O)C(=Cc2ccc(-c3cc4c(c(C56CC7CC(CC(C7)C5)C6)c3)OCO4)nc2)S1. The number of nitrogens with one attached hydrogen (secondary N) is 1. The van der Waals surface area contributed by atoms with Crippen molar-refractivity contribution in [2.24, 2.45) is 17.8 Å². The lowest BCUT2D eigenvalue weighted by molar-refractivity contribution is -0.115. The average molecular weight is 461 g/mol. The lowest BCUT2D eigenvalue weighted by atomic mass is 9.48. The Kier molecular flexibility index (Phi) is 4.23. The predicted octanol–water partition coefficient (Wildman–Crippen LogP) is 5.27. The van der Waals surface area contributed by atoms with Crippen molar-refractivity contribution in [3.63, 3.8) is 0 Å². The molecule has 0 unspecified atom stereocenters.